The maximum atomic E-state index is 13.1. The van der Waals surface area contributed by atoms with Gasteiger partial charge in [-0.05, 0) is 79.6 Å². The number of benzene rings is 2. The molecule has 0 amide bonds. The number of hydrogen-bond donors (Lipinski definition) is 4. The monoisotopic (exact) mass is 491 g/mol. The molecule has 0 saturated heterocycles. The minimum atomic E-state index is -4.47. The summed E-state index contributed by atoms with van der Waals surface area (Å²) >= 11 is 0. The third-order valence-electron chi connectivity index (χ3n) is 5.20. The highest BCUT2D eigenvalue weighted by molar-refractivity contribution is 6.13. The van der Waals surface area contributed by atoms with Gasteiger partial charge in [-0.2, -0.15) is 13.2 Å². The van der Waals surface area contributed by atoms with Crippen LogP contribution in [0.3, 0.4) is 0 Å². The third-order valence-corrected chi connectivity index (χ3v) is 5.20. The fraction of sp³-hybridized carbons (Fsp3) is 0.143. The molecule has 1 unspecified atom stereocenters. The molecule has 0 fully saturated rings. The molecule has 8 heteroatoms. The Hall–Kier alpha value is -4.17. The minimum Gasteiger partial charge on any atom is -0.361 e. The van der Waals surface area contributed by atoms with Crippen molar-refractivity contribution in [2.45, 2.75) is 26.1 Å². The molecule has 36 heavy (non-hydrogen) atoms. The molecule has 0 aliphatic heterocycles. The molecule has 5 N–H and O–H groups in total. The van der Waals surface area contributed by atoms with Crippen molar-refractivity contribution in [3.8, 4) is 11.3 Å². The van der Waals surface area contributed by atoms with Crippen LogP contribution in [0.5, 0.6) is 0 Å². The first-order valence-corrected chi connectivity index (χ1v) is 11.2. The van der Waals surface area contributed by atoms with Gasteiger partial charge in [0, 0.05) is 35.4 Å². The van der Waals surface area contributed by atoms with Crippen molar-refractivity contribution in [2.75, 3.05) is 10.6 Å². The van der Waals surface area contributed by atoms with Crippen molar-refractivity contribution < 1.29 is 13.2 Å². The van der Waals surface area contributed by atoms with E-state index in [1.807, 2.05) is 43.3 Å². The van der Waals surface area contributed by atoms with E-state index >= 15 is 0 Å². The molecule has 186 valence electrons. The lowest BCUT2D eigenvalue weighted by Crippen LogP contribution is -2.19. The number of allylic oxidation sites excluding steroid dienone is 2. The van der Waals surface area contributed by atoms with E-state index in [0.29, 0.717) is 5.57 Å². The van der Waals surface area contributed by atoms with Gasteiger partial charge in [-0.1, -0.05) is 24.8 Å². The van der Waals surface area contributed by atoms with Gasteiger partial charge in [0.25, 0.3) is 0 Å². The van der Waals surface area contributed by atoms with Crippen LogP contribution in [0.4, 0.5) is 24.5 Å². The van der Waals surface area contributed by atoms with Crippen LogP contribution in [0, 0.1) is 12.3 Å². The van der Waals surface area contributed by atoms with E-state index < -0.39 is 17.8 Å². The number of nitrogens with two attached hydrogens (primary N) is 1. The highest BCUT2D eigenvalue weighted by Gasteiger charge is 2.30. The summed E-state index contributed by atoms with van der Waals surface area (Å²) in [4.78, 5) is 4.36. The third kappa shape index (κ3) is 7.16. The molecule has 0 aliphatic carbocycles. The lowest BCUT2D eigenvalue weighted by molar-refractivity contribution is -0.137. The Kier molecular flexibility index (Phi) is 8.45. The highest BCUT2D eigenvalue weighted by Crippen LogP contribution is 2.31. The van der Waals surface area contributed by atoms with E-state index in [-0.39, 0.29) is 17.1 Å². The number of pyridine rings is 1. The van der Waals surface area contributed by atoms with Crippen molar-refractivity contribution in [3.05, 3.63) is 114 Å². The average Bonchev–Trinajstić information content (AvgIpc) is 2.84. The number of nitrogens with zero attached hydrogens (tertiary/aromatic N) is 1. The molecule has 1 aromatic heterocycles. The van der Waals surface area contributed by atoms with E-state index in [2.05, 4.69) is 22.2 Å². The summed E-state index contributed by atoms with van der Waals surface area (Å²) in [6.07, 6.45) is 2.12. The predicted molar refractivity (Wildman–Crippen MR) is 141 cm³/mol. The Bertz CT molecular complexity index is 1290. The number of halogens is 3. The molecule has 2 aromatic carbocycles. The van der Waals surface area contributed by atoms with E-state index in [4.69, 9.17) is 11.1 Å². The molecular formula is C28H28F3N5. The smallest absolute Gasteiger partial charge is 0.361 e. The zero-order chi connectivity index (χ0) is 26.3. The van der Waals surface area contributed by atoms with Gasteiger partial charge in [0.15, 0.2) is 0 Å². The SMILES string of the molecule is C=C(/C=C\Nc1ccc(-c2ccccn2)cc1C)C(=N)/C(=C/C(C)N)Nc1cccc(C(F)(F)F)c1. The van der Waals surface area contributed by atoms with Crippen molar-refractivity contribution in [1.82, 2.24) is 4.98 Å². The summed E-state index contributed by atoms with van der Waals surface area (Å²) in [6, 6.07) is 16.0. The quantitative estimate of drug-likeness (QED) is 0.193. The summed E-state index contributed by atoms with van der Waals surface area (Å²) in [5.74, 6) is 0. The van der Waals surface area contributed by atoms with Gasteiger partial charge in [0.1, 0.15) is 0 Å². The van der Waals surface area contributed by atoms with E-state index in [1.54, 1.807) is 31.5 Å². The molecule has 0 aliphatic rings. The summed E-state index contributed by atoms with van der Waals surface area (Å²) in [6.45, 7) is 7.61. The largest absolute Gasteiger partial charge is 0.416 e. The zero-order valence-electron chi connectivity index (χ0n) is 20.0. The Morgan fingerprint density at radius 1 is 1.11 bits per heavy atom. The molecule has 0 radical (unpaired) electrons. The van der Waals surface area contributed by atoms with Gasteiger partial charge >= 0.3 is 6.18 Å². The summed E-state index contributed by atoms with van der Waals surface area (Å²) in [5, 5.41) is 14.6. The molecule has 3 aromatic rings. The van der Waals surface area contributed by atoms with Crippen LogP contribution < -0.4 is 16.4 Å². The second kappa shape index (κ2) is 11.5. The van der Waals surface area contributed by atoms with Crippen LogP contribution >= 0.6 is 0 Å². The molecule has 3 rings (SSSR count). The summed E-state index contributed by atoms with van der Waals surface area (Å²) < 4.78 is 39.2. The molecule has 1 atom stereocenters. The standard InChI is InChI=1S/C28H28F3N5/c1-18(12-14-35-24-11-10-21(15-19(24)2)25-9-4-5-13-34-25)27(33)26(16-20(3)32)36-23-8-6-7-22(17-23)28(29,30)31/h4-17,20,33,35-36H,1,32H2,2-3H3/b14-12-,26-16-,33-27?. The Morgan fingerprint density at radius 3 is 2.53 bits per heavy atom. The summed E-state index contributed by atoms with van der Waals surface area (Å²) in [5.41, 5.74) is 9.65. The maximum absolute atomic E-state index is 13.1. The second-order valence-corrected chi connectivity index (χ2v) is 8.27. The van der Waals surface area contributed by atoms with Gasteiger partial charge in [-0.25, -0.2) is 0 Å². The fourth-order valence-corrected chi connectivity index (χ4v) is 3.39. The van der Waals surface area contributed by atoms with Crippen LogP contribution in [0.1, 0.15) is 18.1 Å². The number of aryl methyl sites for hydroxylation is 1. The molecular weight excluding hydrogens is 463 g/mol. The first-order valence-electron chi connectivity index (χ1n) is 11.2. The lowest BCUT2D eigenvalue weighted by atomic mass is 10.1. The number of nitrogens with one attached hydrogen (secondary N) is 3. The predicted octanol–water partition coefficient (Wildman–Crippen LogP) is 6.92. The van der Waals surface area contributed by atoms with Gasteiger partial charge in [-0.3, -0.25) is 10.4 Å². The fourth-order valence-electron chi connectivity index (χ4n) is 3.39. The van der Waals surface area contributed by atoms with Crippen molar-refractivity contribution in [3.63, 3.8) is 0 Å². The van der Waals surface area contributed by atoms with Crippen LogP contribution in [-0.2, 0) is 6.18 Å². The lowest BCUT2D eigenvalue weighted by Gasteiger charge is -2.16. The van der Waals surface area contributed by atoms with E-state index in [1.165, 1.54) is 12.1 Å². The second-order valence-electron chi connectivity index (χ2n) is 8.27. The van der Waals surface area contributed by atoms with Crippen molar-refractivity contribution >= 4 is 17.1 Å². The normalized spacial score (nSPS) is 12.9. The van der Waals surface area contributed by atoms with Crippen LogP contribution in [0.25, 0.3) is 11.3 Å². The van der Waals surface area contributed by atoms with Crippen molar-refractivity contribution in [2.24, 2.45) is 5.73 Å². The Morgan fingerprint density at radius 2 is 1.89 bits per heavy atom. The first kappa shape index (κ1) is 26.4. The van der Waals surface area contributed by atoms with Crippen molar-refractivity contribution in [1.29, 1.82) is 5.41 Å². The summed E-state index contributed by atoms with van der Waals surface area (Å²) in [7, 11) is 0. The maximum Gasteiger partial charge on any atom is 0.416 e. The van der Waals surface area contributed by atoms with Gasteiger partial charge in [0.05, 0.1) is 22.7 Å². The molecule has 0 saturated carbocycles. The minimum absolute atomic E-state index is 0.00461. The van der Waals surface area contributed by atoms with E-state index in [0.717, 1.165) is 34.6 Å². The first-order chi connectivity index (χ1) is 17.0. The molecule has 5 nitrogen and oxygen atoms in total. The Labute approximate surface area is 208 Å². The number of rotatable bonds is 9. The number of anilines is 2. The van der Waals surface area contributed by atoms with Gasteiger partial charge < -0.3 is 16.4 Å². The molecule has 0 bridgehead atoms. The average molecular weight is 492 g/mol. The number of hydrogen-bond acceptors (Lipinski definition) is 5. The highest BCUT2D eigenvalue weighted by atomic mass is 19.4. The Balaban J connectivity index is 1.71. The molecule has 0 spiro atoms. The van der Waals surface area contributed by atoms with Crippen LogP contribution in [-0.4, -0.2) is 16.7 Å². The number of alkyl halides is 3. The van der Waals surface area contributed by atoms with Gasteiger partial charge in [0.2, 0.25) is 0 Å². The zero-order valence-corrected chi connectivity index (χ0v) is 20.0. The topological polar surface area (TPSA) is 86.8 Å². The van der Waals surface area contributed by atoms with Gasteiger partial charge in [-0.15, -0.1) is 0 Å². The number of aromatic nitrogens is 1. The molecule has 1 heterocycles. The van der Waals surface area contributed by atoms with E-state index in [9.17, 15) is 13.2 Å². The van der Waals surface area contributed by atoms with Crippen LogP contribution in [0.15, 0.2) is 103 Å². The van der Waals surface area contributed by atoms with Crippen LogP contribution in [0.2, 0.25) is 0 Å².